The van der Waals surface area contributed by atoms with Crippen LogP contribution in [0.4, 0.5) is 0 Å². The minimum absolute atomic E-state index is 0.0432. The van der Waals surface area contributed by atoms with Gasteiger partial charge in [-0.25, -0.2) is 4.40 Å². The number of hydrogen-bond acceptors (Lipinski definition) is 5. The fourth-order valence-corrected chi connectivity index (χ4v) is 3.53. The summed E-state index contributed by atoms with van der Waals surface area (Å²) in [6.45, 7) is 14.2. The zero-order chi connectivity index (χ0) is 18.1. The maximum absolute atomic E-state index is 12.7. The van der Waals surface area contributed by atoms with E-state index in [4.69, 9.17) is 4.42 Å². The zero-order valence-electron chi connectivity index (χ0n) is 15.4. The fraction of sp³-hybridized carbons (Fsp3) is 0.474. The van der Waals surface area contributed by atoms with Gasteiger partial charge in [-0.05, 0) is 76.9 Å². The lowest BCUT2D eigenvalue weighted by atomic mass is 10.0. The molecule has 0 fully saturated rings. The average Bonchev–Trinajstić information content (AvgIpc) is 2.49. The van der Waals surface area contributed by atoms with Gasteiger partial charge in [-0.1, -0.05) is 18.7 Å². The lowest BCUT2D eigenvalue weighted by Gasteiger charge is -2.15. The summed E-state index contributed by atoms with van der Waals surface area (Å²) in [5, 5.41) is 1.34. The van der Waals surface area contributed by atoms with E-state index in [2.05, 4.69) is 32.1 Å². The van der Waals surface area contributed by atoms with Crippen molar-refractivity contribution in [1.29, 1.82) is 0 Å². The van der Waals surface area contributed by atoms with Crippen molar-refractivity contribution in [2.24, 2.45) is 4.40 Å². The van der Waals surface area contributed by atoms with E-state index >= 15 is 0 Å². The second-order valence-corrected chi connectivity index (χ2v) is 9.67. The van der Waals surface area contributed by atoms with Gasteiger partial charge in [-0.3, -0.25) is 4.79 Å². The van der Waals surface area contributed by atoms with Crippen molar-refractivity contribution >= 4 is 40.4 Å². The molecule has 0 spiro atoms. The van der Waals surface area contributed by atoms with Crippen LogP contribution in [0.5, 0.6) is 0 Å². The van der Waals surface area contributed by atoms with Crippen LogP contribution in [0, 0.1) is 13.8 Å². The van der Waals surface area contributed by atoms with Crippen molar-refractivity contribution < 1.29 is 4.42 Å². The van der Waals surface area contributed by atoms with Crippen LogP contribution < -0.4 is 5.43 Å². The van der Waals surface area contributed by atoms with Crippen LogP contribution in [-0.4, -0.2) is 16.2 Å². The Balaban J connectivity index is 2.72. The van der Waals surface area contributed by atoms with Gasteiger partial charge in [0, 0.05) is 15.9 Å². The van der Waals surface area contributed by atoms with E-state index < -0.39 is 0 Å². The predicted octanol–water partition coefficient (Wildman–Crippen LogP) is 5.78. The molecular formula is C19H25NO2S2. The van der Waals surface area contributed by atoms with E-state index in [0.29, 0.717) is 21.6 Å². The van der Waals surface area contributed by atoms with Gasteiger partial charge in [0.1, 0.15) is 5.58 Å². The third-order valence-electron chi connectivity index (χ3n) is 3.44. The number of nitrogens with zero attached hydrogens (tertiary/aromatic N) is 1. The van der Waals surface area contributed by atoms with Crippen LogP contribution in [0.15, 0.2) is 30.8 Å². The van der Waals surface area contributed by atoms with Gasteiger partial charge < -0.3 is 4.42 Å². The lowest BCUT2D eigenvalue weighted by molar-refractivity contribution is 0.492. The van der Waals surface area contributed by atoms with Crippen LogP contribution in [0.1, 0.15) is 51.3 Å². The van der Waals surface area contributed by atoms with Crippen molar-refractivity contribution in [3.05, 3.63) is 39.0 Å². The van der Waals surface area contributed by atoms with Gasteiger partial charge in [0.25, 0.3) is 0 Å². The number of thioether (sulfide) groups is 1. The lowest BCUT2D eigenvalue weighted by Crippen LogP contribution is -2.10. The zero-order valence-corrected chi connectivity index (χ0v) is 17.1. The summed E-state index contributed by atoms with van der Waals surface area (Å²) >= 11 is 3.10. The molecule has 0 bridgehead atoms. The summed E-state index contributed by atoms with van der Waals surface area (Å²) in [5.74, 6) is 0.865. The largest absolute Gasteiger partial charge is 0.449 e. The number of aryl methyl sites for hydroxylation is 1. The topological polar surface area (TPSA) is 42.6 Å². The second kappa shape index (κ2) is 7.36. The van der Waals surface area contributed by atoms with E-state index in [0.717, 1.165) is 22.6 Å². The van der Waals surface area contributed by atoms with Crippen molar-refractivity contribution in [1.82, 2.24) is 0 Å². The van der Waals surface area contributed by atoms with E-state index in [9.17, 15) is 4.79 Å². The highest BCUT2D eigenvalue weighted by Gasteiger charge is 2.17. The van der Waals surface area contributed by atoms with Gasteiger partial charge in [-0.15, -0.1) is 0 Å². The smallest absolute Gasteiger partial charge is 0.196 e. The molecular weight excluding hydrogens is 338 g/mol. The van der Waals surface area contributed by atoms with Crippen molar-refractivity contribution in [3.63, 3.8) is 0 Å². The number of benzene rings is 1. The molecule has 2 rings (SSSR count). The van der Waals surface area contributed by atoms with Crippen LogP contribution in [0.25, 0.3) is 11.0 Å². The Morgan fingerprint density at radius 3 is 2.50 bits per heavy atom. The molecule has 0 saturated carbocycles. The highest BCUT2D eigenvalue weighted by Crippen LogP contribution is 2.30. The Hall–Kier alpha value is -1.20. The highest BCUT2D eigenvalue weighted by atomic mass is 32.2. The molecule has 0 saturated heterocycles. The van der Waals surface area contributed by atoms with E-state index in [1.807, 2.05) is 32.9 Å². The third-order valence-corrected chi connectivity index (χ3v) is 5.29. The molecule has 2 aromatic rings. The first kappa shape index (κ1) is 19.1. The van der Waals surface area contributed by atoms with Crippen LogP contribution >= 0.6 is 23.7 Å². The summed E-state index contributed by atoms with van der Waals surface area (Å²) in [6.07, 6.45) is 0. The molecule has 5 heteroatoms. The molecule has 0 N–H and O–H groups in total. The Kier molecular flexibility index (Phi) is 5.87. The fourth-order valence-electron chi connectivity index (χ4n) is 2.31. The maximum atomic E-state index is 12.7. The molecule has 1 aromatic carbocycles. The molecule has 130 valence electrons. The molecule has 0 aliphatic rings. The molecule has 0 unspecified atom stereocenters. The number of hydrogen-bond donors (Lipinski definition) is 0. The maximum Gasteiger partial charge on any atom is 0.196 e. The Morgan fingerprint density at radius 2 is 1.92 bits per heavy atom. The third kappa shape index (κ3) is 4.25. The SMILES string of the molecule is CCSc1oc2c(C(C)=NSC(C)(C)C)cc(C)cc2c(=O)c1C. The first-order valence-corrected chi connectivity index (χ1v) is 9.84. The Bertz CT molecular complexity index is 845. The normalized spacial score (nSPS) is 12.9. The summed E-state index contributed by atoms with van der Waals surface area (Å²) in [7, 11) is 0. The van der Waals surface area contributed by atoms with E-state index in [1.54, 1.807) is 11.8 Å². The molecule has 0 aliphatic heterocycles. The van der Waals surface area contributed by atoms with Gasteiger partial charge in [0.2, 0.25) is 0 Å². The summed E-state index contributed by atoms with van der Waals surface area (Å²) in [6, 6.07) is 3.95. The van der Waals surface area contributed by atoms with Crippen LogP contribution in [0.2, 0.25) is 0 Å². The van der Waals surface area contributed by atoms with Crippen molar-refractivity contribution in [2.75, 3.05) is 5.75 Å². The minimum Gasteiger partial charge on any atom is -0.449 e. The summed E-state index contributed by atoms with van der Waals surface area (Å²) in [5.41, 5.74) is 4.19. The standard InChI is InChI=1S/C19H25NO2S2/c1-8-23-18-12(3)16(21)15-10-11(2)9-14(17(15)22-18)13(4)20-24-19(5,6)7/h9-10H,8H2,1-7H3. The second-order valence-electron chi connectivity index (χ2n) is 6.85. The molecule has 24 heavy (non-hydrogen) atoms. The van der Waals surface area contributed by atoms with Gasteiger partial charge in [0.05, 0.1) is 11.1 Å². The first-order chi connectivity index (χ1) is 11.1. The molecule has 0 amide bonds. The van der Waals surface area contributed by atoms with Crippen molar-refractivity contribution in [3.8, 4) is 0 Å². The number of rotatable bonds is 4. The quantitative estimate of drug-likeness (QED) is 0.392. The Labute approximate surface area is 152 Å². The molecule has 3 nitrogen and oxygen atoms in total. The van der Waals surface area contributed by atoms with Crippen LogP contribution in [0.3, 0.4) is 0 Å². The molecule has 1 heterocycles. The first-order valence-electron chi connectivity index (χ1n) is 8.08. The van der Waals surface area contributed by atoms with E-state index in [1.165, 1.54) is 11.9 Å². The minimum atomic E-state index is 0.0432. The average molecular weight is 364 g/mol. The number of fused-ring (bicyclic) bond motifs is 1. The molecule has 1 aromatic heterocycles. The summed E-state index contributed by atoms with van der Waals surface area (Å²) in [4.78, 5) is 12.7. The van der Waals surface area contributed by atoms with Crippen molar-refractivity contribution in [2.45, 2.75) is 58.3 Å². The van der Waals surface area contributed by atoms with Gasteiger partial charge in [0.15, 0.2) is 10.5 Å². The van der Waals surface area contributed by atoms with Gasteiger partial charge >= 0.3 is 0 Å². The van der Waals surface area contributed by atoms with Crippen LogP contribution in [-0.2, 0) is 0 Å². The predicted molar refractivity (Wildman–Crippen MR) is 108 cm³/mol. The molecule has 0 atom stereocenters. The Morgan fingerprint density at radius 1 is 1.25 bits per heavy atom. The summed E-state index contributed by atoms with van der Waals surface area (Å²) < 4.78 is 10.8. The molecule has 0 aliphatic carbocycles. The molecule has 0 radical (unpaired) electrons. The highest BCUT2D eigenvalue weighted by molar-refractivity contribution is 7.99. The van der Waals surface area contributed by atoms with Gasteiger partial charge in [-0.2, -0.15) is 0 Å². The van der Waals surface area contributed by atoms with E-state index in [-0.39, 0.29) is 10.2 Å². The monoisotopic (exact) mass is 363 g/mol.